The van der Waals surface area contributed by atoms with E-state index in [-0.39, 0.29) is 0 Å². The molecule has 0 saturated carbocycles. The first-order valence-electron chi connectivity index (χ1n) is 6.30. The Morgan fingerprint density at radius 2 is 1.94 bits per heavy atom. The number of nitrogens with zero attached hydrogens (tertiary/aromatic N) is 2. The number of hydrogen-bond donors (Lipinski definition) is 1. The van der Waals surface area contributed by atoms with E-state index in [1.165, 1.54) is 24.4 Å². The van der Waals surface area contributed by atoms with Crippen molar-refractivity contribution >= 4 is 16.7 Å². The topological polar surface area (TPSA) is 37.8 Å². The van der Waals surface area contributed by atoms with E-state index in [2.05, 4.69) is 42.4 Å². The first kappa shape index (κ1) is 13.4. The van der Waals surface area contributed by atoms with Gasteiger partial charge in [-0.05, 0) is 19.3 Å². The number of aromatic nitrogens is 2. The number of aryl methyl sites for hydroxylation is 1. The molecule has 1 heterocycles. The van der Waals surface area contributed by atoms with Crippen molar-refractivity contribution in [3.63, 3.8) is 0 Å². The molecule has 1 N–H and O–H groups in total. The van der Waals surface area contributed by atoms with Crippen LogP contribution in [0.3, 0.4) is 0 Å². The fourth-order valence-electron chi connectivity index (χ4n) is 1.95. The molecule has 16 heavy (non-hydrogen) atoms. The van der Waals surface area contributed by atoms with Gasteiger partial charge in [0.25, 0.3) is 0 Å². The Labute approximate surface area is 103 Å². The average molecular weight is 241 g/mol. The van der Waals surface area contributed by atoms with Gasteiger partial charge in [-0.1, -0.05) is 33.6 Å². The summed E-state index contributed by atoms with van der Waals surface area (Å²) in [5, 5.41) is 4.44. The van der Waals surface area contributed by atoms with Crippen molar-refractivity contribution in [1.82, 2.24) is 9.36 Å². The van der Waals surface area contributed by atoms with Gasteiger partial charge in [0.15, 0.2) is 0 Å². The molecule has 4 heteroatoms. The molecule has 1 unspecified atom stereocenters. The molecule has 0 fully saturated rings. The molecular formula is C12H23N3S. The molecule has 0 aliphatic heterocycles. The fraction of sp³-hybridized carbons (Fsp3) is 0.833. The van der Waals surface area contributed by atoms with Crippen molar-refractivity contribution in [3.8, 4) is 0 Å². The minimum atomic E-state index is 0.484. The standard InChI is InChI=1S/C12H23N3S/c1-5-8-11-14-12(16-15-11)13-9(4)10(6-2)7-3/h9-10H,5-8H2,1-4H3,(H,13,14,15). The molecule has 0 bridgehead atoms. The highest BCUT2D eigenvalue weighted by Gasteiger charge is 2.14. The zero-order valence-electron chi connectivity index (χ0n) is 10.8. The van der Waals surface area contributed by atoms with Crippen LogP contribution < -0.4 is 5.32 Å². The van der Waals surface area contributed by atoms with Crippen LogP contribution >= 0.6 is 11.5 Å². The van der Waals surface area contributed by atoms with E-state index in [4.69, 9.17) is 0 Å². The number of hydrogen-bond acceptors (Lipinski definition) is 4. The van der Waals surface area contributed by atoms with E-state index in [0.717, 1.165) is 29.7 Å². The molecule has 0 aliphatic carbocycles. The highest BCUT2D eigenvalue weighted by atomic mass is 32.1. The van der Waals surface area contributed by atoms with Crippen LogP contribution in [0.15, 0.2) is 0 Å². The lowest BCUT2D eigenvalue weighted by atomic mass is 9.96. The van der Waals surface area contributed by atoms with Crippen LogP contribution in [0.1, 0.15) is 52.8 Å². The Morgan fingerprint density at radius 3 is 2.50 bits per heavy atom. The van der Waals surface area contributed by atoms with E-state index in [1.54, 1.807) is 0 Å². The van der Waals surface area contributed by atoms with Gasteiger partial charge < -0.3 is 5.32 Å². The third-order valence-corrected chi connectivity index (χ3v) is 3.73. The van der Waals surface area contributed by atoms with Gasteiger partial charge in [-0.15, -0.1) is 0 Å². The third kappa shape index (κ3) is 3.74. The SMILES string of the molecule is CCCc1nsc(NC(C)C(CC)CC)n1. The summed E-state index contributed by atoms with van der Waals surface area (Å²) in [5.74, 6) is 1.70. The van der Waals surface area contributed by atoms with Crippen LogP contribution in [0.25, 0.3) is 0 Å². The minimum absolute atomic E-state index is 0.484. The second-order valence-corrected chi connectivity index (χ2v) is 5.03. The highest BCUT2D eigenvalue weighted by Crippen LogP contribution is 2.19. The highest BCUT2D eigenvalue weighted by molar-refractivity contribution is 7.09. The second kappa shape index (κ2) is 6.84. The minimum Gasteiger partial charge on any atom is -0.358 e. The zero-order valence-corrected chi connectivity index (χ0v) is 11.6. The molecule has 0 aliphatic rings. The lowest BCUT2D eigenvalue weighted by Gasteiger charge is -2.21. The van der Waals surface area contributed by atoms with Crippen LogP contribution in [-0.4, -0.2) is 15.4 Å². The normalized spacial score (nSPS) is 13.1. The summed E-state index contributed by atoms with van der Waals surface area (Å²) in [4.78, 5) is 4.49. The largest absolute Gasteiger partial charge is 0.358 e. The molecule has 3 nitrogen and oxygen atoms in total. The van der Waals surface area contributed by atoms with E-state index >= 15 is 0 Å². The summed E-state index contributed by atoms with van der Waals surface area (Å²) in [7, 11) is 0. The Balaban J connectivity index is 2.51. The third-order valence-electron chi connectivity index (χ3n) is 3.05. The van der Waals surface area contributed by atoms with Gasteiger partial charge in [-0.3, -0.25) is 0 Å². The maximum Gasteiger partial charge on any atom is 0.202 e. The van der Waals surface area contributed by atoms with Gasteiger partial charge in [0.05, 0.1) is 0 Å². The Hall–Kier alpha value is -0.640. The first-order chi connectivity index (χ1) is 7.71. The zero-order chi connectivity index (χ0) is 12.0. The van der Waals surface area contributed by atoms with Gasteiger partial charge in [0.1, 0.15) is 5.82 Å². The van der Waals surface area contributed by atoms with E-state index in [9.17, 15) is 0 Å². The first-order valence-corrected chi connectivity index (χ1v) is 7.07. The van der Waals surface area contributed by atoms with Crippen molar-refractivity contribution in [2.24, 2.45) is 5.92 Å². The van der Waals surface area contributed by atoms with Gasteiger partial charge in [0, 0.05) is 24.0 Å². The van der Waals surface area contributed by atoms with Crippen LogP contribution in [0.5, 0.6) is 0 Å². The molecule has 0 saturated heterocycles. The van der Waals surface area contributed by atoms with Crippen molar-refractivity contribution in [1.29, 1.82) is 0 Å². The molecule has 0 spiro atoms. The van der Waals surface area contributed by atoms with Crippen LogP contribution in [0, 0.1) is 5.92 Å². The number of anilines is 1. The lowest BCUT2D eigenvalue weighted by Crippen LogP contribution is -2.24. The van der Waals surface area contributed by atoms with Crippen molar-refractivity contribution in [2.75, 3.05) is 5.32 Å². The fourth-order valence-corrected chi connectivity index (χ4v) is 2.65. The van der Waals surface area contributed by atoms with Crippen LogP contribution in [0.2, 0.25) is 0 Å². The molecule has 0 radical (unpaired) electrons. The van der Waals surface area contributed by atoms with Crippen molar-refractivity contribution in [3.05, 3.63) is 5.82 Å². The summed E-state index contributed by atoms with van der Waals surface area (Å²) < 4.78 is 4.34. The average Bonchev–Trinajstić information content (AvgIpc) is 2.68. The van der Waals surface area contributed by atoms with E-state index in [0.29, 0.717) is 6.04 Å². The molecular weight excluding hydrogens is 218 g/mol. The Morgan fingerprint density at radius 1 is 1.25 bits per heavy atom. The lowest BCUT2D eigenvalue weighted by molar-refractivity contribution is 0.437. The quantitative estimate of drug-likeness (QED) is 0.790. The monoisotopic (exact) mass is 241 g/mol. The van der Waals surface area contributed by atoms with Crippen molar-refractivity contribution < 1.29 is 0 Å². The summed E-state index contributed by atoms with van der Waals surface area (Å²) >= 11 is 1.48. The van der Waals surface area contributed by atoms with Gasteiger partial charge >= 0.3 is 0 Å². The van der Waals surface area contributed by atoms with Crippen LogP contribution in [0.4, 0.5) is 5.13 Å². The molecule has 1 atom stereocenters. The predicted molar refractivity (Wildman–Crippen MR) is 71.1 cm³/mol. The van der Waals surface area contributed by atoms with Gasteiger partial charge in [-0.2, -0.15) is 4.37 Å². The Kier molecular flexibility index (Phi) is 5.74. The summed E-state index contributed by atoms with van der Waals surface area (Å²) in [5.41, 5.74) is 0. The van der Waals surface area contributed by atoms with Crippen molar-refractivity contribution in [2.45, 2.75) is 59.4 Å². The van der Waals surface area contributed by atoms with E-state index in [1.807, 2.05) is 0 Å². The molecule has 0 amide bonds. The molecule has 1 aromatic rings. The number of rotatable bonds is 7. The Bertz CT molecular complexity index is 294. The summed E-state index contributed by atoms with van der Waals surface area (Å²) in [6.07, 6.45) is 4.52. The van der Waals surface area contributed by atoms with Crippen LogP contribution in [-0.2, 0) is 6.42 Å². The summed E-state index contributed by atoms with van der Waals surface area (Å²) in [6, 6.07) is 0.484. The smallest absolute Gasteiger partial charge is 0.202 e. The molecule has 0 aromatic carbocycles. The predicted octanol–water partition coefficient (Wildman–Crippen LogP) is 3.73. The maximum absolute atomic E-state index is 4.49. The molecule has 1 rings (SSSR count). The second-order valence-electron chi connectivity index (χ2n) is 4.28. The van der Waals surface area contributed by atoms with Gasteiger partial charge in [0.2, 0.25) is 5.13 Å². The maximum atomic E-state index is 4.49. The van der Waals surface area contributed by atoms with Gasteiger partial charge in [-0.25, -0.2) is 4.98 Å². The molecule has 92 valence electrons. The number of nitrogens with one attached hydrogen (secondary N) is 1. The molecule has 1 aromatic heterocycles. The van der Waals surface area contributed by atoms with E-state index < -0.39 is 0 Å². The summed E-state index contributed by atoms with van der Waals surface area (Å²) in [6.45, 7) is 8.88.